The van der Waals surface area contributed by atoms with Gasteiger partial charge < -0.3 is 20.1 Å². The standard InChI is InChI=1S/C15H14Cl2N2O2S/c1-20-12-3-4-13(14(8-12)21-2)19-15(22)18-11-6-9(16)5-10(17)7-11/h3-8H,1-2H3,(H2,18,19,22). The number of ether oxygens (including phenoxy) is 2. The summed E-state index contributed by atoms with van der Waals surface area (Å²) >= 11 is 17.2. The van der Waals surface area contributed by atoms with Gasteiger partial charge in [-0.2, -0.15) is 0 Å². The molecular formula is C15H14Cl2N2O2S. The fourth-order valence-electron chi connectivity index (χ4n) is 1.81. The molecule has 0 aliphatic rings. The van der Waals surface area contributed by atoms with Crippen molar-refractivity contribution in [3.05, 3.63) is 46.4 Å². The van der Waals surface area contributed by atoms with Crippen molar-refractivity contribution in [3.8, 4) is 11.5 Å². The van der Waals surface area contributed by atoms with E-state index in [9.17, 15) is 0 Å². The van der Waals surface area contributed by atoms with Gasteiger partial charge in [0, 0.05) is 21.8 Å². The molecule has 116 valence electrons. The first-order chi connectivity index (χ1) is 10.5. The van der Waals surface area contributed by atoms with Crippen LogP contribution in [0.1, 0.15) is 0 Å². The molecule has 4 nitrogen and oxygen atoms in total. The van der Waals surface area contributed by atoms with Crippen LogP contribution in [-0.4, -0.2) is 19.3 Å². The quantitative estimate of drug-likeness (QED) is 0.768. The van der Waals surface area contributed by atoms with Crippen LogP contribution in [0, 0.1) is 0 Å². The molecule has 2 rings (SSSR count). The second kappa shape index (κ2) is 7.54. The lowest BCUT2D eigenvalue weighted by molar-refractivity contribution is 0.395. The molecule has 0 unspecified atom stereocenters. The first-order valence-electron chi connectivity index (χ1n) is 6.28. The lowest BCUT2D eigenvalue weighted by atomic mass is 10.2. The second-order valence-corrected chi connectivity index (χ2v) is 5.58. The molecule has 2 aromatic carbocycles. The molecule has 7 heteroatoms. The molecule has 0 bridgehead atoms. The van der Waals surface area contributed by atoms with Gasteiger partial charge >= 0.3 is 0 Å². The van der Waals surface area contributed by atoms with Gasteiger partial charge in [0.05, 0.1) is 19.9 Å². The van der Waals surface area contributed by atoms with Crippen molar-refractivity contribution in [1.82, 2.24) is 0 Å². The minimum Gasteiger partial charge on any atom is -0.497 e. The lowest BCUT2D eigenvalue weighted by Crippen LogP contribution is -2.19. The molecule has 0 radical (unpaired) electrons. The van der Waals surface area contributed by atoms with Crippen LogP contribution in [0.25, 0.3) is 0 Å². The molecule has 0 aromatic heterocycles. The predicted molar refractivity (Wildman–Crippen MR) is 95.9 cm³/mol. The van der Waals surface area contributed by atoms with Crippen LogP contribution in [0.15, 0.2) is 36.4 Å². The van der Waals surface area contributed by atoms with Crippen molar-refractivity contribution >= 4 is 51.9 Å². The third-order valence-corrected chi connectivity index (χ3v) is 3.42. The third-order valence-electron chi connectivity index (χ3n) is 2.78. The Morgan fingerprint density at radius 3 is 2.23 bits per heavy atom. The summed E-state index contributed by atoms with van der Waals surface area (Å²) in [6.07, 6.45) is 0. The van der Waals surface area contributed by atoms with E-state index in [1.54, 1.807) is 38.5 Å². The maximum Gasteiger partial charge on any atom is 0.175 e. The Kier molecular flexibility index (Phi) is 5.71. The number of nitrogens with one attached hydrogen (secondary N) is 2. The molecule has 0 fully saturated rings. The van der Waals surface area contributed by atoms with E-state index in [2.05, 4.69) is 10.6 Å². The fraction of sp³-hybridized carbons (Fsp3) is 0.133. The van der Waals surface area contributed by atoms with E-state index in [0.717, 1.165) is 0 Å². The molecule has 0 heterocycles. The summed E-state index contributed by atoms with van der Waals surface area (Å²) < 4.78 is 10.5. The summed E-state index contributed by atoms with van der Waals surface area (Å²) in [6, 6.07) is 10.5. The van der Waals surface area contributed by atoms with Crippen molar-refractivity contribution in [3.63, 3.8) is 0 Å². The zero-order valence-electron chi connectivity index (χ0n) is 11.9. The van der Waals surface area contributed by atoms with Crippen LogP contribution in [0.3, 0.4) is 0 Å². The van der Waals surface area contributed by atoms with E-state index in [0.29, 0.717) is 38.0 Å². The number of halogens is 2. The van der Waals surface area contributed by atoms with Crippen LogP contribution in [0.2, 0.25) is 10.0 Å². The number of benzene rings is 2. The number of hydrogen-bond donors (Lipinski definition) is 2. The first-order valence-corrected chi connectivity index (χ1v) is 7.44. The van der Waals surface area contributed by atoms with Crippen LogP contribution < -0.4 is 20.1 Å². The number of hydrogen-bond acceptors (Lipinski definition) is 3. The highest BCUT2D eigenvalue weighted by atomic mass is 35.5. The van der Waals surface area contributed by atoms with Crippen molar-refractivity contribution < 1.29 is 9.47 Å². The van der Waals surface area contributed by atoms with Crippen LogP contribution in [0.5, 0.6) is 11.5 Å². The Bertz CT molecular complexity index is 675. The van der Waals surface area contributed by atoms with Crippen molar-refractivity contribution in [2.45, 2.75) is 0 Å². The maximum absolute atomic E-state index is 5.95. The predicted octanol–water partition coefficient (Wildman–Crippen LogP) is 4.82. The van der Waals surface area contributed by atoms with E-state index in [4.69, 9.17) is 44.9 Å². The fourth-order valence-corrected chi connectivity index (χ4v) is 2.57. The molecule has 0 spiro atoms. The van der Waals surface area contributed by atoms with Crippen LogP contribution in [0.4, 0.5) is 11.4 Å². The van der Waals surface area contributed by atoms with Gasteiger partial charge in [0.2, 0.25) is 0 Å². The summed E-state index contributed by atoms with van der Waals surface area (Å²) in [6.45, 7) is 0. The Balaban J connectivity index is 2.11. The second-order valence-electron chi connectivity index (χ2n) is 4.30. The highest BCUT2D eigenvalue weighted by Gasteiger charge is 2.07. The van der Waals surface area contributed by atoms with Gasteiger partial charge in [-0.1, -0.05) is 23.2 Å². The zero-order chi connectivity index (χ0) is 16.1. The molecule has 22 heavy (non-hydrogen) atoms. The zero-order valence-corrected chi connectivity index (χ0v) is 14.3. The number of thiocarbonyl (C=S) groups is 1. The average molecular weight is 357 g/mol. The Hall–Kier alpha value is -1.69. The molecule has 0 aliphatic heterocycles. The molecule has 0 atom stereocenters. The van der Waals surface area contributed by atoms with Gasteiger partial charge in [0.25, 0.3) is 0 Å². The summed E-state index contributed by atoms with van der Waals surface area (Å²) in [5, 5.41) is 7.52. The highest BCUT2D eigenvalue weighted by Crippen LogP contribution is 2.29. The van der Waals surface area contributed by atoms with Gasteiger partial charge in [-0.3, -0.25) is 0 Å². The Morgan fingerprint density at radius 1 is 0.955 bits per heavy atom. The van der Waals surface area contributed by atoms with Crippen molar-refractivity contribution in [2.75, 3.05) is 24.9 Å². The largest absolute Gasteiger partial charge is 0.497 e. The molecule has 0 saturated carbocycles. The van der Waals surface area contributed by atoms with Gasteiger partial charge in [0.1, 0.15) is 11.5 Å². The van der Waals surface area contributed by atoms with E-state index in [1.807, 2.05) is 12.1 Å². The summed E-state index contributed by atoms with van der Waals surface area (Å²) in [4.78, 5) is 0. The molecule has 0 saturated heterocycles. The van der Waals surface area contributed by atoms with Crippen LogP contribution >= 0.6 is 35.4 Å². The molecule has 0 aliphatic carbocycles. The normalized spacial score (nSPS) is 10.0. The molecular weight excluding hydrogens is 343 g/mol. The minimum absolute atomic E-state index is 0.391. The highest BCUT2D eigenvalue weighted by molar-refractivity contribution is 7.80. The lowest BCUT2D eigenvalue weighted by Gasteiger charge is -2.14. The van der Waals surface area contributed by atoms with E-state index in [1.165, 1.54) is 0 Å². The molecule has 0 amide bonds. The van der Waals surface area contributed by atoms with Crippen molar-refractivity contribution in [1.29, 1.82) is 0 Å². The SMILES string of the molecule is COc1ccc(NC(=S)Nc2cc(Cl)cc(Cl)c2)c(OC)c1. The van der Waals surface area contributed by atoms with Crippen LogP contribution in [-0.2, 0) is 0 Å². The first kappa shape index (κ1) is 16.7. The smallest absolute Gasteiger partial charge is 0.175 e. The summed E-state index contributed by atoms with van der Waals surface area (Å²) in [5.41, 5.74) is 1.41. The van der Waals surface area contributed by atoms with Gasteiger partial charge in [-0.05, 0) is 42.5 Å². The Morgan fingerprint density at radius 2 is 1.64 bits per heavy atom. The third kappa shape index (κ3) is 4.40. The number of rotatable bonds is 4. The van der Waals surface area contributed by atoms with E-state index in [-0.39, 0.29) is 0 Å². The van der Waals surface area contributed by atoms with Crippen molar-refractivity contribution in [2.24, 2.45) is 0 Å². The molecule has 2 aromatic rings. The average Bonchev–Trinajstić information content (AvgIpc) is 2.46. The summed E-state index contributed by atoms with van der Waals surface area (Å²) in [7, 11) is 3.17. The minimum atomic E-state index is 0.391. The molecule has 2 N–H and O–H groups in total. The van der Waals surface area contributed by atoms with Gasteiger partial charge in [-0.15, -0.1) is 0 Å². The topological polar surface area (TPSA) is 42.5 Å². The monoisotopic (exact) mass is 356 g/mol. The number of anilines is 2. The van der Waals surface area contributed by atoms with E-state index >= 15 is 0 Å². The van der Waals surface area contributed by atoms with Gasteiger partial charge in [-0.25, -0.2) is 0 Å². The Labute approximate surface area is 144 Å². The number of methoxy groups -OCH3 is 2. The van der Waals surface area contributed by atoms with Gasteiger partial charge in [0.15, 0.2) is 5.11 Å². The maximum atomic E-state index is 5.95. The summed E-state index contributed by atoms with van der Waals surface area (Å²) in [5.74, 6) is 1.32. The van der Waals surface area contributed by atoms with E-state index < -0.39 is 0 Å².